The van der Waals surface area contributed by atoms with Crippen LogP contribution in [0.2, 0.25) is 0 Å². The largest absolute Gasteiger partial charge is 0.346 e. The average Bonchev–Trinajstić information content (AvgIpc) is 3.40. The van der Waals surface area contributed by atoms with E-state index >= 15 is 0 Å². The SMILES string of the molecule is O=c1[nH]c2cnc3[nH]ccc3c2n1[C@@H]1CCCN(S(=O)(=O)c2cccs2)C1. The zero-order chi connectivity index (χ0) is 18.6. The van der Waals surface area contributed by atoms with E-state index in [1.165, 1.54) is 15.6 Å². The van der Waals surface area contributed by atoms with Gasteiger partial charge in [-0.1, -0.05) is 6.07 Å². The van der Waals surface area contributed by atoms with Gasteiger partial charge in [-0.2, -0.15) is 4.31 Å². The van der Waals surface area contributed by atoms with Crippen molar-refractivity contribution in [3.8, 4) is 0 Å². The van der Waals surface area contributed by atoms with E-state index in [4.69, 9.17) is 0 Å². The highest BCUT2D eigenvalue weighted by molar-refractivity contribution is 7.91. The zero-order valence-corrected chi connectivity index (χ0v) is 15.9. The fraction of sp³-hybridized carbons (Fsp3) is 0.294. The second kappa shape index (κ2) is 6.04. The summed E-state index contributed by atoms with van der Waals surface area (Å²) in [6.07, 6.45) is 4.87. The lowest BCUT2D eigenvalue weighted by atomic mass is 10.1. The van der Waals surface area contributed by atoms with E-state index in [0.29, 0.717) is 28.3 Å². The van der Waals surface area contributed by atoms with Crippen LogP contribution in [0.5, 0.6) is 0 Å². The summed E-state index contributed by atoms with van der Waals surface area (Å²) >= 11 is 1.21. The van der Waals surface area contributed by atoms with Crippen LogP contribution in [0.25, 0.3) is 22.1 Å². The van der Waals surface area contributed by atoms with Gasteiger partial charge in [-0.3, -0.25) is 4.57 Å². The number of hydrogen-bond donors (Lipinski definition) is 2. The van der Waals surface area contributed by atoms with Crippen LogP contribution in [0.1, 0.15) is 18.9 Å². The molecule has 0 aromatic carbocycles. The Morgan fingerprint density at radius 3 is 3.00 bits per heavy atom. The number of piperidine rings is 1. The molecule has 27 heavy (non-hydrogen) atoms. The Kier molecular flexibility index (Phi) is 3.74. The maximum absolute atomic E-state index is 12.9. The van der Waals surface area contributed by atoms with Crippen LogP contribution < -0.4 is 5.69 Å². The molecule has 8 nitrogen and oxygen atoms in total. The van der Waals surface area contributed by atoms with E-state index in [9.17, 15) is 13.2 Å². The van der Waals surface area contributed by atoms with Crippen LogP contribution in [-0.2, 0) is 10.0 Å². The summed E-state index contributed by atoms with van der Waals surface area (Å²) in [5.74, 6) is 0. The Labute approximate surface area is 158 Å². The van der Waals surface area contributed by atoms with Gasteiger partial charge in [0.15, 0.2) is 0 Å². The predicted octanol–water partition coefficient (Wildman–Crippen LogP) is 2.29. The molecule has 140 valence electrons. The fourth-order valence-electron chi connectivity index (χ4n) is 3.86. The van der Waals surface area contributed by atoms with Gasteiger partial charge in [-0.15, -0.1) is 11.3 Å². The maximum atomic E-state index is 12.9. The topological polar surface area (TPSA) is 104 Å². The molecular weight excluding hydrogens is 386 g/mol. The summed E-state index contributed by atoms with van der Waals surface area (Å²) in [6.45, 7) is 0.746. The molecule has 0 radical (unpaired) electrons. The molecule has 10 heteroatoms. The highest BCUT2D eigenvalue weighted by atomic mass is 32.2. The van der Waals surface area contributed by atoms with Crippen LogP contribution >= 0.6 is 11.3 Å². The first-order valence-electron chi connectivity index (χ1n) is 8.65. The minimum absolute atomic E-state index is 0.227. The monoisotopic (exact) mass is 403 g/mol. The molecule has 0 spiro atoms. The second-order valence-corrected chi connectivity index (χ2v) is 9.76. The van der Waals surface area contributed by atoms with Crippen LogP contribution in [0, 0.1) is 0 Å². The lowest BCUT2D eigenvalue weighted by Gasteiger charge is -2.32. The van der Waals surface area contributed by atoms with E-state index in [1.54, 1.807) is 34.5 Å². The van der Waals surface area contributed by atoms with Crippen LogP contribution in [0.4, 0.5) is 0 Å². The van der Waals surface area contributed by atoms with E-state index in [-0.39, 0.29) is 18.3 Å². The van der Waals surface area contributed by atoms with Crippen LogP contribution in [0.3, 0.4) is 0 Å². The van der Waals surface area contributed by atoms with Gasteiger partial charge < -0.3 is 9.97 Å². The first kappa shape index (κ1) is 16.7. The van der Waals surface area contributed by atoms with E-state index in [1.807, 2.05) is 6.07 Å². The van der Waals surface area contributed by atoms with Gasteiger partial charge in [0.05, 0.1) is 23.3 Å². The normalized spacial score (nSPS) is 19.2. The van der Waals surface area contributed by atoms with Crippen molar-refractivity contribution in [2.45, 2.75) is 23.1 Å². The Morgan fingerprint density at radius 2 is 2.19 bits per heavy atom. The minimum atomic E-state index is -3.53. The molecule has 0 unspecified atom stereocenters. The second-order valence-electron chi connectivity index (χ2n) is 6.65. The molecule has 5 rings (SSSR count). The number of aromatic amines is 2. The number of nitrogens with one attached hydrogen (secondary N) is 2. The van der Waals surface area contributed by atoms with Gasteiger partial charge >= 0.3 is 5.69 Å². The number of imidazole rings is 1. The molecular formula is C17H17N5O3S2. The first-order chi connectivity index (χ1) is 13.1. The number of rotatable bonds is 3. The Morgan fingerprint density at radius 1 is 1.30 bits per heavy atom. The van der Waals surface area contributed by atoms with Gasteiger partial charge in [0, 0.05) is 24.7 Å². The molecule has 0 bridgehead atoms. The summed E-state index contributed by atoms with van der Waals surface area (Å²) in [7, 11) is -3.53. The third-order valence-electron chi connectivity index (χ3n) is 5.07. The highest BCUT2D eigenvalue weighted by Crippen LogP contribution is 2.31. The summed E-state index contributed by atoms with van der Waals surface area (Å²) in [4.78, 5) is 22.9. The Balaban J connectivity index is 1.60. The van der Waals surface area contributed by atoms with Crippen LogP contribution in [-0.4, -0.2) is 45.3 Å². The lowest BCUT2D eigenvalue weighted by molar-refractivity contribution is 0.268. The standard InChI is InChI=1S/C17H17N5O3S2/c23-17-20-13-9-19-16-12(5-6-18-16)15(13)22(17)11-3-1-7-21(10-11)27(24,25)14-4-2-8-26-14/h2,4-6,8-9,11H,1,3,7,10H2,(H,18,19)(H,20,23)/t11-/m1/s1. The number of nitrogens with zero attached hydrogens (tertiary/aromatic N) is 3. The third kappa shape index (κ3) is 2.55. The van der Waals surface area contributed by atoms with Gasteiger partial charge in [0.1, 0.15) is 9.86 Å². The summed E-state index contributed by atoms with van der Waals surface area (Å²) in [5, 5.41) is 2.61. The van der Waals surface area contributed by atoms with Gasteiger partial charge in [-0.05, 0) is 30.4 Å². The van der Waals surface area contributed by atoms with E-state index in [0.717, 1.165) is 17.3 Å². The third-order valence-corrected chi connectivity index (χ3v) is 8.31. The number of hydrogen-bond acceptors (Lipinski definition) is 5. The van der Waals surface area contributed by atoms with Crippen LogP contribution in [0.15, 0.2) is 45.0 Å². The number of sulfonamides is 1. The van der Waals surface area contributed by atoms with Crippen molar-refractivity contribution in [3.05, 3.63) is 46.5 Å². The van der Waals surface area contributed by atoms with Crippen molar-refractivity contribution in [1.82, 2.24) is 23.8 Å². The number of fused-ring (bicyclic) bond motifs is 3. The quantitative estimate of drug-likeness (QED) is 0.548. The Bertz CT molecular complexity index is 1280. The number of H-pyrrole nitrogens is 2. The first-order valence-corrected chi connectivity index (χ1v) is 11.0. The predicted molar refractivity (Wildman–Crippen MR) is 104 cm³/mol. The molecule has 1 fully saturated rings. The smallest absolute Gasteiger partial charge is 0.326 e. The molecule has 4 aromatic heterocycles. The Hall–Kier alpha value is -2.43. The van der Waals surface area contributed by atoms with Crippen molar-refractivity contribution in [2.75, 3.05) is 13.1 Å². The molecule has 0 aliphatic carbocycles. The van der Waals surface area contributed by atoms with Crippen molar-refractivity contribution in [2.24, 2.45) is 0 Å². The number of thiophene rings is 1. The van der Waals surface area contributed by atoms with Crippen molar-refractivity contribution >= 4 is 43.4 Å². The molecule has 0 amide bonds. The van der Waals surface area contributed by atoms with Crippen molar-refractivity contribution in [3.63, 3.8) is 0 Å². The molecule has 1 aliphatic rings. The zero-order valence-electron chi connectivity index (χ0n) is 14.3. The minimum Gasteiger partial charge on any atom is -0.346 e. The number of aromatic nitrogens is 4. The molecule has 1 aliphatic heterocycles. The molecule has 1 atom stereocenters. The molecule has 0 saturated carbocycles. The van der Waals surface area contributed by atoms with Gasteiger partial charge in [-0.25, -0.2) is 18.2 Å². The van der Waals surface area contributed by atoms with Crippen molar-refractivity contribution < 1.29 is 8.42 Å². The molecule has 5 heterocycles. The van der Waals surface area contributed by atoms with Gasteiger partial charge in [0.2, 0.25) is 0 Å². The number of pyridine rings is 1. The fourth-order valence-corrected chi connectivity index (χ4v) is 6.52. The average molecular weight is 403 g/mol. The lowest BCUT2D eigenvalue weighted by Crippen LogP contribution is -2.42. The molecule has 4 aromatic rings. The van der Waals surface area contributed by atoms with E-state index < -0.39 is 10.0 Å². The molecule has 1 saturated heterocycles. The maximum Gasteiger partial charge on any atom is 0.326 e. The summed E-state index contributed by atoms with van der Waals surface area (Å²) in [5.41, 5.74) is 1.90. The van der Waals surface area contributed by atoms with Gasteiger partial charge in [0.25, 0.3) is 10.0 Å². The summed E-state index contributed by atoms with van der Waals surface area (Å²) < 4.78 is 29.3. The molecule has 2 N–H and O–H groups in total. The summed E-state index contributed by atoms with van der Waals surface area (Å²) in [6, 6.07) is 5.02. The van der Waals surface area contributed by atoms with Crippen molar-refractivity contribution in [1.29, 1.82) is 0 Å². The highest BCUT2D eigenvalue weighted by Gasteiger charge is 2.33. The van der Waals surface area contributed by atoms with E-state index in [2.05, 4.69) is 15.0 Å².